The standard InChI is InChI=1S/C15H14N4O2/c1-10-3-5-11(6-4-10)12-7-8-16-15-17-13(18-19(12)15)9-14(20)21-2/h3-8H,9H2,1-2H3. The summed E-state index contributed by atoms with van der Waals surface area (Å²) >= 11 is 0. The lowest BCUT2D eigenvalue weighted by atomic mass is 10.1. The number of fused-ring (bicyclic) bond motifs is 1. The molecule has 106 valence electrons. The maximum absolute atomic E-state index is 11.3. The van der Waals surface area contributed by atoms with Crippen LogP contribution < -0.4 is 0 Å². The summed E-state index contributed by atoms with van der Waals surface area (Å²) in [6.07, 6.45) is 1.72. The second kappa shape index (κ2) is 5.32. The third kappa shape index (κ3) is 2.60. The first-order valence-electron chi connectivity index (χ1n) is 6.52. The van der Waals surface area contributed by atoms with Crippen LogP contribution in [0.15, 0.2) is 36.5 Å². The van der Waals surface area contributed by atoms with Crippen molar-refractivity contribution in [3.8, 4) is 11.3 Å². The summed E-state index contributed by atoms with van der Waals surface area (Å²) in [6, 6.07) is 9.98. The summed E-state index contributed by atoms with van der Waals surface area (Å²) in [5.74, 6) is 0.490. The van der Waals surface area contributed by atoms with E-state index in [0.717, 1.165) is 11.3 Å². The molecule has 3 rings (SSSR count). The van der Waals surface area contributed by atoms with Crippen LogP contribution in [0, 0.1) is 6.92 Å². The Morgan fingerprint density at radius 3 is 2.71 bits per heavy atom. The van der Waals surface area contributed by atoms with E-state index < -0.39 is 0 Å². The quantitative estimate of drug-likeness (QED) is 0.685. The van der Waals surface area contributed by atoms with Gasteiger partial charge in [-0.3, -0.25) is 4.79 Å². The van der Waals surface area contributed by atoms with E-state index in [0.29, 0.717) is 11.6 Å². The van der Waals surface area contributed by atoms with E-state index in [-0.39, 0.29) is 12.4 Å². The molecule has 0 aliphatic rings. The van der Waals surface area contributed by atoms with E-state index in [1.165, 1.54) is 12.7 Å². The van der Waals surface area contributed by atoms with E-state index in [9.17, 15) is 4.79 Å². The highest BCUT2D eigenvalue weighted by molar-refractivity contribution is 5.71. The van der Waals surface area contributed by atoms with Crippen molar-refractivity contribution in [1.29, 1.82) is 0 Å². The molecule has 1 aromatic carbocycles. The molecular formula is C15H14N4O2. The Bertz CT molecular complexity index is 793. The van der Waals surface area contributed by atoms with Gasteiger partial charge in [0, 0.05) is 11.8 Å². The summed E-state index contributed by atoms with van der Waals surface area (Å²) in [5, 5.41) is 4.34. The van der Waals surface area contributed by atoms with E-state index in [4.69, 9.17) is 0 Å². The van der Waals surface area contributed by atoms with Gasteiger partial charge >= 0.3 is 5.97 Å². The van der Waals surface area contributed by atoms with Gasteiger partial charge in [0.15, 0.2) is 5.82 Å². The molecule has 2 heterocycles. The van der Waals surface area contributed by atoms with Crippen LogP contribution in [0.1, 0.15) is 11.4 Å². The van der Waals surface area contributed by atoms with E-state index in [2.05, 4.69) is 19.8 Å². The predicted molar refractivity (Wildman–Crippen MR) is 76.7 cm³/mol. The number of carbonyl (C=O) groups is 1. The fourth-order valence-corrected chi connectivity index (χ4v) is 2.05. The third-order valence-electron chi connectivity index (χ3n) is 3.16. The Balaban J connectivity index is 2.07. The van der Waals surface area contributed by atoms with Crippen LogP contribution in [0.3, 0.4) is 0 Å². The summed E-state index contributed by atoms with van der Waals surface area (Å²) in [4.78, 5) is 19.7. The normalized spacial score (nSPS) is 10.8. The number of hydrogen-bond acceptors (Lipinski definition) is 5. The number of rotatable bonds is 3. The van der Waals surface area contributed by atoms with Crippen molar-refractivity contribution in [3.05, 3.63) is 47.9 Å². The Morgan fingerprint density at radius 2 is 2.00 bits per heavy atom. The lowest BCUT2D eigenvalue weighted by Crippen LogP contribution is -2.06. The van der Waals surface area contributed by atoms with E-state index in [1.807, 2.05) is 37.3 Å². The van der Waals surface area contributed by atoms with Crippen molar-refractivity contribution < 1.29 is 9.53 Å². The summed E-state index contributed by atoms with van der Waals surface area (Å²) < 4.78 is 6.27. The average Bonchev–Trinajstić information content (AvgIpc) is 2.90. The zero-order valence-corrected chi connectivity index (χ0v) is 11.8. The molecule has 0 bridgehead atoms. The van der Waals surface area contributed by atoms with Crippen LogP contribution in [0.2, 0.25) is 0 Å². The minimum Gasteiger partial charge on any atom is -0.469 e. The Labute approximate surface area is 121 Å². The second-order valence-corrected chi connectivity index (χ2v) is 4.69. The van der Waals surface area contributed by atoms with Gasteiger partial charge in [-0.1, -0.05) is 29.8 Å². The molecule has 0 atom stereocenters. The summed E-state index contributed by atoms with van der Waals surface area (Å²) in [7, 11) is 1.34. The van der Waals surface area contributed by atoms with Gasteiger partial charge in [0.25, 0.3) is 5.78 Å². The number of aryl methyl sites for hydroxylation is 1. The van der Waals surface area contributed by atoms with Crippen molar-refractivity contribution >= 4 is 11.7 Å². The van der Waals surface area contributed by atoms with Gasteiger partial charge in [-0.25, -0.2) is 4.98 Å². The monoisotopic (exact) mass is 282 g/mol. The SMILES string of the molecule is COC(=O)Cc1nc2nccc(-c3ccc(C)cc3)n2n1. The maximum atomic E-state index is 11.3. The number of esters is 1. The lowest BCUT2D eigenvalue weighted by molar-refractivity contribution is -0.139. The van der Waals surface area contributed by atoms with Crippen LogP contribution in [0.25, 0.3) is 17.0 Å². The fourth-order valence-electron chi connectivity index (χ4n) is 2.05. The molecule has 21 heavy (non-hydrogen) atoms. The number of aromatic nitrogens is 4. The van der Waals surface area contributed by atoms with Crippen molar-refractivity contribution in [2.45, 2.75) is 13.3 Å². The second-order valence-electron chi connectivity index (χ2n) is 4.69. The summed E-state index contributed by atoms with van der Waals surface area (Å²) in [6.45, 7) is 2.04. The molecule has 0 saturated heterocycles. The topological polar surface area (TPSA) is 69.4 Å². The molecule has 0 fully saturated rings. The van der Waals surface area contributed by atoms with Gasteiger partial charge in [-0.2, -0.15) is 9.50 Å². The lowest BCUT2D eigenvalue weighted by Gasteiger charge is -2.03. The highest BCUT2D eigenvalue weighted by Gasteiger charge is 2.12. The van der Waals surface area contributed by atoms with Crippen LogP contribution in [0.4, 0.5) is 0 Å². The average molecular weight is 282 g/mol. The van der Waals surface area contributed by atoms with Crippen LogP contribution in [0.5, 0.6) is 0 Å². The molecule has 0 unspecified atom stereocenters. The molecule has 3 aromatic rings. The number of nitrogens with zero attached hydrogens (tertiary/aromatic N) is 4. The van der Waals surface area contributed by atoms with E-state index in [1.54, 1.807) is 10.7 Å². The predicted octanol–water partition coefficient (Wildman–Crippen LogP) is 1.82. The van der Waals surface area contributed by atoms with Crippen molar-refractivity contribution in [2.24, 2.45) is 0 Å². The maximum Gasteiger partial charge on any atom is 0.313 e. The molecule has 0 aliphatic heterocycles. The number of benzene rings is 1. The number of hydrogen-bond donors (Lipinski definition) is 0. The van der Waals surface area contributed by atoms with Gasteiger partial charge in [0.05, 0.1) is 12.8 Å². The Morgan fingerprint density at radius 1 is 1.24 bits per heavy atom. The smallest absolute Gasteiger partial charge is 0.313 e. The molecular weight excluding hydrogens is 268 g/mol. The first-order chi connectivity index (χ1) is 10.2. The third-order valence-corrected chi connectivity index (χ3v) is 3.16. The molecule has 0 aliphatic carbocycles. The minimum atomic E-state index is -0.372. The zero-order valence-electron chi connectivity index (χ0n) is 11.8. The first kappa shape index (κ1) is 13.2. The van der Waals surface area contributed by atoms with Gasteiger partial charge in [-0.15, -0.1) is 5.10 Å². The Kier molecular flexibility index (Phi) is 3.35. The summed E-state index contributed by atoms with van der Waals surface area (Å²) in [5.41, 5.74) is 3.08. The molecule has 0 amide bonds. The van der Waals surface area contributed by atoms with Gasteiger partial charge in [0.2, 0.25) is 0 Å². The number of methoxy groups -OCH3 is 1. The molecule has 0 spiro atoms. The van der Waals surface area contributed by atoms with Crippen LogP contribution >= 0.6 is 0 Å². The first-order valence-corrected chi connectivity index (χ1v) is 6.52. The highest BCUT2D eigenvalue weighted by atomic mass is 16.5. The molecule has 6 nitrogen and oxygen atoms in total. The largest absolute Gasteiger partial charge is 0.469 e. The molecule has 0 radical (unpaired) electrons. The Hall–Kier alpha value is -2.76. The fraction of sp³-hybridized carbons (Fsp3) is 0.200. The zero-order chi connectivity index (χ0) is 14.8. The molecule has 0 saturated carbocycles. The highest BCUT2D eigenvalue weighted by Crippen LogP contribution is 2.19. The van der Waals surface area contributed by atoms with Crippen molar-refractivity contribution in [2.75, 3.05) is 7.11 Å². The number of carbonyl (C=O) groups excluding carboxylic acids is 1. The van der Waals surface area contributed by atoms with Crippen LogP contribution in [-0.2, 0) is 16.0 Å². The minimum absolute atomic E-state index is 0.0349. The molecule has 6 heteroatoms. The van der Waals surface area contributed by atoms with Crippen molar-refractivity contribution in [3.63, 3.8) is 0 Å². The van der Waals surface area contributed by atoms with Crippen LogP contribution in [-0.4, -0.2) is 32.7 Å². The van der Waals surface area contributed by atoms with Gasteiger partial charge < -0.3 is 4.74 Å². The van der Waals surface area contributed by atoms with E-state index >= 15 is 0 Å². The van der Waals surface area contributed by atoms with Crippen molar-refractivity contribution in [1.82, 2.24) is 19.6 Å². The van der Waals surface area contributed by atoms with Gasteiger partial charge in [-0.05, 0) is 13.0 Å². The number of ether oxygens (including phenoxy) is 1. The molecule has 0 N–H and O–H groups in total. The van der Waals surface area contributed by atoms with Gasteiger partial charge in [0.1, 0.15) is 6.42 Å². The molecule has 2 aromatic heterocycles.